The Kier molecular flexibility index (Phi) is 6.08. The summed E-state index contributed by atoms with van der Waals surface area (Å²) in [6, 6.07) is 15.5. The number of methoxy groups -OCH3 is 1. The zero-order chi connectivity index (χ0) is 15.1. The molecule has 0 aromatic heterocycles. The Morgan fingerprint density at radius 2 is 1.95 bits per heavy atom. The molecule has 0 spiro atoms. The molecule has 112 valence electrons. The van der Waals surface area contributed by atoms with Gasteiger partial charge in [-0.1, -0.05) is 31.2 Å². The number of halogens is 1. The van der Waals surface area contributed by atoms with E-state index >= 15 is 0 Å². The molecule has 1 N–H and O–H groups in total. The topological polar surface area (TPSA) is 21.3 Å². The Balaban J connectivity index is 2.09. The van der Waals surface area contributed by atoms with Gasteiger partial charge in [0.05, 0.1) is 7.11 Å². The average molecular weight is 305 g/mol. The van der Waals surface area contributed by atoms with E-state index in [-0.39, 0.29) is 17.6 Å². The fourth-order valence-corrected chi connectivity index (χ4v) is 3.13. The minimum atomic E-state index is -0.317. The molecule has 1 unspecified atom stereocenters. The van der Waals surface area contributed by atoms with E-state index in [9.17, 15) is 4.39 Å². The standard InChI is InChI=1S/C17H20FNOS/c1-3-19-16(12-21-14-7-5-4-6-8-14)13-9-10-17(20-2)15(18)11-13/h4-11,16,19H,3,12H2,1-2H3. The van der Waals surface area contributed by atoms with Gasteiger partial charge in [-0.15, -0.1) is 11.8 Å². The molecule has 0 heterocycles. The minimum Gasteiger partial charge on any atom is -0.494 e. The van der Waals surface area contributed by atoms with Crippen LogP contribution < -0.4 is 10.1 Å². The maximum atomic E-state index is 13.9. The highest BCUT2D eigenvalue weighted by Gasteiger charge is 2.13. The quantitative estimate of drug-likeness (QED) is 0.772. The smallest absolute Gasteiger partial charge is 0.165 e. The second kappa shape index (κ2) is 8.05. The predicted octanol–water partition coefficient (Wildman–Crippen LogP) is 4.28. The number of thioether (sulfide) groups is 1. The number of benzene rings is 2. The van der Waals surface area contributed by atoms with Gasteiger partial charge in [-0.2, -0.15) is 0 Å². The van der Waals surface area contributed by atoms with Crippen molar-refractivity contribution in [3.63, 3.8) is 0 Å². The Labute approximate surface area is 129 Å². The molecule has 0 saturated carbocycles. The summed E-state index contributed by atoms with van der Waals surface area (Å²) in [6.45, 7) is 2.90. The highest BCUT2D eigenvalue weighted by atomic mass is 32.2. The summed E-state index contributed by atoms with van der Waals surface area (Å²) in [6.07, 6.45) is 0. The van der Waals surface area contributed by atoms with Gasteiger partial charge < -0.3 is 10.1 Å². The molecule has 0 fully saturated rings. The molecular weight excluding hydrogens is 285 g/mol. The molecular formula is C17H20FNOS. The lowest BCUT2D eigenvalue weighted by Gasteiger charge is -2.18. The normalized spacial score (nSPS) is 12.1. The molecule has 2 rings (SSSR count). The summed E-state index contributed by atoms with van der Waals surface area (Å²) in [5.41, 5.74) is 0.943. The van der Waals surface area contributed by atoms with Crippen molar-refractivity contribution in [2.24, 2.45) is 0 Å². The van der Waals surface area contributed by atoms with Crippen LogP contribution >= 0.6 is 11.8 Å². The van der Waals surface area contributed by atoms with Gasteiger partial charge in [0, 0.05) is 16.7 Å². The number of hydrogen-bond donors (Lipinski definition) is 1. The van der Waals surface area contributed by atoms with Crippen LogP contribution in [0.15, 0.2) is 53.4 Å². The maximum Gasteiger partial charge on any atom is 0.165 e. The molecule has 0 aliphatic carbocycles. The fraction of sp³-hybridized carbons (Fsp3) is 0.294. The first kappa shape index (κ1) is 15.9. The van der Waals surface area contributed by atoms with Crippen LogP contribution in [0.2, 0.25) is 0 Å². The third-order valence-corrected chi connectivity index (χ3v) is 4.29. The molecule has 0 bridgehead atoms. The van der Waals surface area contributed by atoms with Gasteiger partial charge in [-0.05, 0) is 36.4 Å². The minimum absolute atomic E-state index is 0.112. The maximum absolute atomic E-state index is 13.9. The molecule has 0 radical (unpaired) electrons. The summed E-state index contributed by atoms with van der Waals surface area (Å²) in [5, 5.41) is 3.41. The number of ether oxygens (including phenoxy) is 1. The first-order chi connectivity index (χ1) is 10.2. The van der Waals surface area contributed by atoms with Crippen molar-refractivity contribution in [2.75, 3.05) is 19.4 Å². The number of nitrogens with one attached hydrogen (secondary N) is 1. The first-order valence-electron chi connectivity index (χ1n) is 6.99. The van der Waals surface area contributed by atoms with Gasteiger partial charge in [0.15, 0.2) is 11.6 Å². The lowest BCUT2D eigenvalue weighted by Crippen LogP contribution is -2.23. The molecule has 1 atom stereocenters. The first-order valence-corrected chi connectivity index (χ1v) is 7.97. The third kappa shape index (κ3) is 4.48. The molecule has 21 heavy (non-hydrogen) atoms. The molecule has 0 saturated heterocycles. The molecule has 4 heteroatoms. The van der Waals surface area contributed by atoms with E-state index in [1.807, 2.05) is 24.3 Å². The van der Waals surface area contributed by atoms with Crippen molar-refractivity contribution >= 4 is 11.8 Å². The summed E-state index contributed by atoms with van der Waals surface area (Å²) in [5.74, 6) is 0.816. The van der Waals surface area contributed by atoms with Crippen LogP contribution in [0.25, 0.3) is 0 Å². The highest BCUT2D eigenvalue weighted by Crippen LogP contribution is 2.27. The third-order valence-electron chi connectivity index (χ3n) is 3.19. The molecule has 2 nitrogen and oxygen atoms in total. The lowest BCUT2D eigenvalue weighted by atomic mass is 10.1. The van der Waals surface area contributed by atoms with Crippen molar-refractivity contribution in [3.8, 4) is 5.75 Å². The van der Waals surface area contributed by atoms with E-state index in [1.165, 1.54) is 12.0 Å². The molecule has 0 aliphatic rings. The molecule has 0 aliphatic heterocycles. The summed E-state index contributed by atoms with van der Waals surface area (Å²) in [7, 11) is 1.48. The summed E-state index contributed by atoms with van der Waals surface area (Å²) < 4.78 is 18.8. The second-order valence-electron chi connectivity index (χ2n) is 4.63. The lowest BCUT2D eigenvalue weighted by molar-refractivity contribution is 0.385. The second-order valence-corrected chi connectivity index (χ2v) is 5.72. The van der Waals surface area contributed by atoms with Crippen LogP contribution in [0, 0.1) is 5.82 Å². The van der Waals surface area contributed by atoms with Crippen LogP contribution in [0.5, 0.6) is 5.75 Å². The largest absolute Gasteiger partial charge is 0.494 e. The molecule has 0 amide bonds. The Morgan fingerprint density at radius 3 is 2.57 bits per heavy atom. The van der Waals surface area contributed by atoms with Crippen LogP contribution in [0.4, 0.5) is 4.39 Å². The molecule has 2 aromatic carbocycles. The monoisotopic (exact) mass is 305 g/mol. The van der Waals surface area contributed by atoms with Gasteiger partial charge in [-0.3, -0.25) is 0 Å². The number of hydrogen-bond acceptors (Lipinski definition) is 3. The Morgan fingerprint density at radius 1 is 1.19 bits per heavy atom. The van der Waals surface area contributed by atoms with Crippen molar-refractivity contribution in [1.29, 1.82) is 0 Å². The van der Waals surface area contributed by atoms with E-state index in [2.05, 4.69) is 24.4 Å². The Bertz CT molecular complexity index is 562. The van der Waals surface area contributed by atoms with Crippen LogP contribution in [0.3, 0.4) is 0 Å². The zero-order valence-corrected chi connectivity index (χ0v) is 13.1. The van der Waals surface area contributed by atoms with E-state index in [0.717, 1.165) is 17.9 Å². The SMILES string of the molecule is CCNC(CSc1ccccc1)c1ccc(OC)c(F)c1. The van der Waals surface area contributed by atoms with Gasteiger partial charge in [-0.25, -0.2) is 4.39 Å². The van der Waals surface area contributed by atoms with Crippen LogP contribution in [-0.2, 0) is 0 Å². The summed E-state index contributed by atoms with van der Waals surface area (Å²) in [4.78, 5) is 1.22. The van der Waals surface area contributed by atoms with Crippen molar-refractivity contribution in [2.45, 2.75) is 17.9 Å². The predicted molar refractivity (Wildman–Crippen MR) is 86.5 cm³/mol. The van der Waals surface area contributed by atoms with E-state index in [0.29, 0.717) is 0 Å². The van der Waals surface area contributed by atoms with Gasteiger partial charge in [0.2, 0.25) is 0 Å². The zero-order valence-electron chi connectivity index (χ0n) is 12.3. The van der Waals surface area contributed by atoms with Gasteiger partial charge in [0.25, 0.3) is 0 Å². The Hall–Kier alpha value is -1.52. The fourth-order valence-electron chi connectivity index (χ4n) is 2.12. The van der Waals surface area contributed by atoms with Crippen LogP contribution in [-0.4, -0.2) is 19.4 Å². The van der Waals surface area contributed by atoms with E-state index in [4.69, 9.17) is 4.74 Å². The summed E-state index contributed by atoms with van der Waals surface area (Å²) >= 11 is 1.76. The average Bonchev–Trinajstić information content (AvgIpc) is 2.52. The van der Waals surface area contributed by atoms with E-state index in [1.54, 1.807) is 23.9 Å². The number of rotatable bonds is 7. The van der Waals surface area contributed by atoms with Crippen molar-refractivity contribution in [1.82, 2.24) is 5.32 Å². The van der Waals surface area contributed by atoms with Crippen LogP contribution in [0.1, 0.15) is 18.5 Å². The molecule has 2 aromatic rings. The van der Waals surface area contributed by atoms with Crippen molar-refractivity contribution in [3.05, 3.63) is 59.9 Å². The highest BCUT2D eigenvalue weighted by molar-refractivity contribution is 7.99. The van der Waals surface area contributed by atoms with Gasteiger partial charge >= 0.3 is 0 Å². The van der Waals surface area contributed by atoms with E-state index < -0.39 is 0 Å². The van der Waals surface area contributed by atoms with Crippen molar-refractivity contribution < 1.29 is 9.13 Å². The van der Waals surface area contributed by atoms with Gasteiger partial charge in [0.1, 0.15) is 0 Å².